The molecule has 0 amide bonds. The summed E-state index contributed by atoms with van der Waals surface area (Å²) in [7, 11) is -2.76. The van der Waals surface area contributed by atoms with Crippen molar-refractivity contribution in [3.05, 3.63) is 51.6 Å². The highest BCUT2D eigenvalue weighted by atomic mass is 35.5. The lowest BCUT2D eigenvalue weighted by molar-refractivity contribution is -0.0374. The second-order valence-electron chi connectivity index (χ2n) is 9.04. The second-order valence-corrected chi connectivity index (χ2v) is 14.3. The Labute approximate surface area is 221 Å². The predicted molar refractivity (Wildman–Crippen MR) is 142 cm³/mol. The Morgan fingerprint density at radius 2 is 2.00 bits per heavy atom. The molecule has 0 saturated carbocycles. The first-order valence-corrected chi connectivity index (χ1v) is 14.8. The molecular formula is C23H32Cl3F3N4OS. The maximum absolute atomic E-state index is 13.1. The smallest absolute Gasteiger partial charge is 0.425 e. The molecule has 198 valence electrons. The molecule has 0 radical (unpaired) electrons. The number of rotatable bonds is 12. The number of dihydropyridines is 1. The van der Waals surface area contributed by atoms with E-state index in [1.165, 1.54) is 12.5 Å². The van der Waals surface area contributed by atoms with E-state index in [0.717, 1.165) is 11.3 Å². The van der Waals surface area contributed by atoms with Crippen molar-refractivity contribution in [3.63, 3.8) is 0 Å². The molecule has 3 N–H and O–H groups in total. The average molecular weight is 576 g/mol. The fourth-order valence-corrected chi connectivity index (χ4v) is 4.70. The van der Waals surface area contributed by atoms with Crippen molar-refractivity contribution in [1.82, 2.24) is 15.6 Å². The van der Waals surface area contributed by atoms with Gasteiger partial charge in [-0.15, -0.1) is 0 Å². The van der Waals surface area contributed by atoms with Crippen LogP contribution in [0.25, 0.3) is 0 Å². The van der Waals surface area contributed by atoms with Gasteiger partial charge in [-0.2, -0.15) is 23.2 Å². The number of ether oxygens (including phenoxy) is 1. The fourth-order valence-electron chi connectivity index (χ4n) is 3.08. The summed E-state index contributed by atoms with van der Waals surface area (Å²) >= 11 is 18.5. The number of hydrogen-bond acceptors (Lipinski definition) is 5. The largest absolute Gasteiger partial charge is 0.491 e. The Bertz CT molecular complexity index is 956. The molecule has 1 aliphatic rings. The minimum Gasteiger partial charge on any atom is -0.491 e. The molecule has 2 heterocycles. The Morgan fingerprint density at radius 1 is 1.31 bits per heavy atom. The van der Waals surface area contributed by atoms with Gasteiger partial charge in [0.1, 0.15) is 11.3 Å². The summed E-state index contributed by atoms with van der Waals surface area (Å²) in [6.07, 6.45) is 8.22. The van der Waals surface area contributed by atoms with E-state index >= 15 is 0 Å². The van der Waals surface area contributed by atoms with E-state index < -0.39 is 21.0 Å². The third kappa shape index (κ3) is 9.35. The van der Waals surface area contributed by atoms with E-state index in [0.29, 0.717) is 28.8 Å². The van der Waals surface area contributed by atoms with Crippen LogP contribution in [0.5, 0.6) is 0 Å². The van der Waals surface area contributed by atoms with Crippen molar-refractivity contribution in [2.24, 2.45) is 5.92 Å². The van der Waals surface area contributed by atoms with E-state index in [1.54, 1.807) is 25.4 Å². The lowest BCUT2D eigenvalue weighted by Crippen LogP contribution is -2.36. The molecule has 1 aromatic heterocycles. The van der Waals surface area contributed by atoms with E-state index in [9.17, 15) is 13.2 Å². The molecule has 1 aliphatic heterocycles. The van der Waals surface area contributed by atoms with Gasteiger partial charge >= 0.3 is 5.51 Å². The van der Waals surface area contributed by atoms with Gasteiger partial charge in [0, 0.05) is 43.0 Å². The van der Waals surface area contributed by atoms with Crippen LogP contribution in [0, 0.1) is 11.3 Å². The van der Waals surface area contributed by atoms with Crippen molar-refractivity contribution in [1.29, 1.82) is 5.41 Å². The first kappa shape index (κ1) is 30.1. The van der Waals surface area contributed by atoms with E-state index in [2.05, 4.69) is 15.6 Å². The van der Waals surface area contributed by atoms with Crippen LogP contribution < -0.4 is 10.6 Å². The average Bonchev–Trinajstić information content (AvgIpc) is 2.77. The molecule has 3 atom stereocenters. The highest BCUT2D eigenvalue weighted by molar-refractivity contribution is 8.33. The maximum Gasteiger partial charge on any atom is 0.425 e. The summed E-state index contributed by atoms with van der Waals surface area (Å²) in [5, 5.41) is 15.6. The van der Waals surface area contributed by atoms with Gasteiger partial charge in [0.15, 0.2) is 0 Å². The molecular weight excluding hydrogens is 544 g/mol. The highest BCUT2D eigenvalue weighted by Crippen LogP contribution is 2.56. The zero-order chi connectivity index (χ0) is 26.4. The van der Waals surface area contributed by atoms with Crippen molar-refractivity contribution in [3.8, 4) is 0 Å². The number of nitrogens with zero attached hydrogens (tertiary/aromatic N) is 1. The van der Waals surface area contributed by atoms with Crippen LogP contribution in [-0.4, -0.2) is 59.2 Å². The van der Waals surface area contributed by atoms with Crippen LogP contribution >= 0.6 is 44.8 Å². The van der Waals surface area contributed by atoms with Gasteiger partial charge in [-0.3, -0.25) is 4.98 Å². The molecule has 2 unspecified atom stereocenters. The highest BCUT2D eigenvalue weighted by Gasteiger charge is 2.42. The van der Waals surface area contributed by atoms with Crippen LogP contribution in [0.4, 0.5) is 13.2 Å². The molecule has 0 bridgehead atoms. The molecule has 0 aliphatic carbocycles. The molecule has 0 aromatic carbocycles. The Balaban J connectivity index is 1.84. The van der Waals surface area contributed by atoms with Crippen LogP contribution in [0.15, 0.2) is 35.9 Å². The van der Waals surface area contributed by atoms with Crippen molar-refractivity contribution >= 4 is 50.5 Å². The van der Waals surface area contributed by atoms with E-state index in [1.807, 2.05) is 13.0 Å². The van der Waals surface area contributed by atoms with Gasteiger partial charge in [-0.25, -0.2) is 0 Å². The number of hydrogen-bond donors (Lipinski definition) is 3. The second kappa shape index (κ2) is 12.9. The van der Waals surface area contributed by atoms with Crippen LogP contribution in [0.2, 0.25) is 10.0 Å². The predicted octanol–water partition coefficient (Wildman–Crippen LogP) is 6.49. The molecule has 0 fully saturated rings. The van der Waals surface area contributed by atoms with E-state index in [-0.39, 0.29) is 36.5 Å². The molecule has 0 saturated heterocycles. The monoisotopic (exact) mass is 574 g/mol. The van der Waals surface area contributed by atoms with Gasteiger partial charge < -0.3 is 20.8 Å². The van der Waals surface area contributed by atoms with Crippen molar-refractivity contribution < 1.29 is 17.9 Å². The van der Waals surface area contributed by atoms with Crippen LogP contribution in [0.3, 0.4) is 0 Å². The number of allylic oxidation sites excluding steroid dienone is 1. The van der Waals surface area contributed by atoms with Gasteiger partial charge in [0.25, 0.3) is 0 Å². The summed E-state index contributed by atoms with van der Waals surface area (Å²) in [5.41, 5.74) is -2.76. The quantitative estimate of drug-likeness (QED) is 0.151. The SMILES string of the molecule is CC(Cc1ncc(Cl)cc1Cl)NCC1=CC(OC[C@H](C)C(=N)CCS(C)(C)C(F)(F)F)=CNC1Cl. The van der Waals surface area contributed by atoms with Crippen LogP contribution in [0.1, 0.15) is 26.0 Å². The summed E-state index contributed by atoms with van der Waals surface area (Å²) in [4.78, 5) is 4.28. The zero-order valence-corrected chi connectivity index (χ0v) is 23.2. The van der Waals surface area contributed by atoms with Gasteiger partial charge in [-0.1, -0.05) is 41.7 Å². The first-order chi connectivity index (χ1) is 16.2. The first-order valence-electron chi connectivity index (χ1n) is 11.0. The summed E-state index contributed by atoms with van der Waals surface area (Å²) in [6, 6.07) is 1.72. The standard InChI is InChI=1S/C23H32Cl3F3N4OS/c1-14(20(30)5-6-35(3,4)23(27,28)29)13-34-18-8-16(22(26)33-12-18)10-31-15(2)7-21-19(25)9-17(24)11-32-21/h8-9,11-12,14-15,22,30-31,33H,5-7,10,13H2,1-4H3/t14-,15?,22?/m0/s1. The Morgan fingerprint density at radius 3 is 2.63 bits per heavy atom. The topological polar surface area (TPSA) is 70.0 Å². The molecule has 35 heavy (non-hydrogen) atoms. The summed E-state index contributed by atoms with van der Waals surface area (Å²) in [6.45, 7) is 4.47. The number of halogens is 6. The van der Waals surface area contributed by atoms with Crippen molar-refractivity contribution in [2.45, 2.75) is 43.7 Å². The molecule has 0 spiro atoms. The van der Waals surface area contributed by atoms with E-state index in [4.69, 9.17) is 44.9 Å². The maximum atomic E-state index is 13.1. The van der Waals surface area contributed by atoms with Gasteiger partial charge in [0.2, 0.25) is 0 Å². The molecule has 12 heteroatoms. The number of alkyl halides is 4. The zero-order valence-electron chi connectivity index (χ0n) is 20.1. The lowest BCUT2D eigenvalue weighted by atomic mass is 10.1. The third-order valence-electron chi connectivity index (χ3n) is 5.67. The van der Waals surface area contributed by atoms with Crippen molar-refractivity contribution in [2.75, 3.05) is 31.4 Å². The van der Waals surface area contributed by atoms with Crippen LogP contribution in [-0.2, 0) is 11.2 Å². The lowest BCUT2D eigenvalue weighted by Gasteiger charge is -2.33. The minimum atomic E-state index is -4.21. The molecule has 5 nitrogen and oxygen atoms in total. The van der Waals surface area contributed by atoms with Gasteiger partial charge in [-0.05, 0) is 49.3 Å². The number of aromatic nitrogens is 1. The fraction of sp³-hybridized carbons (Fsp3) is 0.565. The Kier molecular flexibility index (Phi) is 11.1. The molecule has 1 aromatic rings. The number of pyridine rings is 1. The molecule has 2 rings (SSSR count). The Hall–Kier alpha value is -1.13. The van der Waals surface area contributed by atoms with Gasteiger partial charge in [0.05, 0.1) is 22.3 Å². The number of nitrogens with one attached hydrogen (secondary N) is 3. The minimum absolute atomic E-state index is 0.0531. The normalized spacial score (nSPS) is 18.7. The summed E-state index contributed by atoms with van der Waals surface area (Å²) < 4.78 is 45.1. The summed E-state index contributed by atoms with van der Waals surface area (Å²) in [5.74, 6) is 0.192. The third-order valence-corrected chi connectivity index (χ3v) is 9.08.